The zero-order chi connectivity index (χ0) is 13.4. The molecule has 3 nitrogen and oxygen atoms in total. The van der Waals surface area contributed by atoms with Crippen LogP contribution in [0.3, 0.4) is 0 Å². The van der Waals surface area contributed by atoms with Gasteiger partial charge in [-0.15, -0.1) is 11.3 Å². The number of fused-ring (bicyclic) bond motifs is 1. The monoisotopic (exact) mass is 340 g/mol. The second-order valence-electron chi connectivity index (χ2n) is 4.85. The number of nitrogens with two attached hydrogens (primary N) is 1. The number of halogens is 1. The molecular weight excluding hydrogens is 324 g/mol. The zero-order valence-electron chi connectivity index (χ0n) is 10.8. The number of rotatable bonds is 3. The van der Waals surface area contributed by atoms with Crippen LogP contribution in [0.5, 0.6) is 0 Å². The van der Waals surface area contributed by atoms with Gasteiger partial charge in [0.15, 0.2) is 0 Å². The van der Waals surface area contributed by atoms with Gasteiger partial charge in [0.05, 0.1) is 16.8 Å². The normalized spacial score (nSPS) is 21.3. The summed E-state index contributed by atoms with van der Waals surface area (Å²) in [5, 5.41) is 2.19. The lowest BCUT2D eigenvalue weighted by Crippen LogP contribution is -2.39. The lowest BCUT2D eigenvalue weighted by Gasteiger charge is -2.38. The van der Waals surface area contributed by atoms with Gasteiger partial charge in [-0.05, 0) is 52.4 Å². The molecule has 0 aromatic carbocycles. The van der Waals surface area contributed by atoms with Gasteiger partial charge in [0.1, 0.15) is 5.76 Å². The van der Waals surface area contributed by atoms with E-state index in [2.05, 4.69) is 39.2 Å². The van der Waals surface area contributed by atoms with Gasteiger partial charge in [-0.25, -0.2) is 0 Å². The molecule has 3 rings (SSSR count). The molecule has 0 bridgehead atoms. The largest absolute Gasteiger partial charge is 0.466 e. The van der Waals surface area contributed by atoms with E-state index in [4.69, 9.17) is 10.2 Å². The van der Waals surface area contributed by atoms with Gasteiger partial charge < -0.3 is 10.2 Å². The highest BCUT2D eigenvalue weighted by molar-refractivity contribution is 9.10. The average molecular weight is 341 g/mol. The molecule has 5 heteroatoms. The van der Waals surface area contributed by atoms with Crippen molar-refractivity contribution in [3.63, 3.8) is 0 Å². The zero-order valence-corrected chi connectivity index (χ0v) is 13.2. The highest BCUT2D eigenvalue weighted by Crippen LogP contribution is 2.39. The van der Waals surface area contributed by atoms with Crippen LogP contribution in [0, 0.1) is 0 Å². The van der Waals surface area contributed by atoms with Gasteiger partial charge >= 0.3 is 0 Å². The number of nitrogens with zero attached hydrogens (tertiary/aromatic N) is 1. The van der Waals surface area contributed by atoms with E-state index in [-0.39, 0.29) is 6.04 Å². The number of hydrogen-bond acceptors (Lipinski definition) is 4. The Hall–Kier alpha value is -0.620. The predicted molar refractivity (Wildman–Crippen MR) is 81.3 cm³/mol. The van der Waals surface area contributed by atoms with E-state index in [0.717, 1.165) is 23.2 Å². The molecule has 102 valence electrons. The molecule has 1 aliphatic heterocycles. The van der Waals surface area contributed by atoms with Gasteiger partial charge in [-0.1, -0.05) is 0 Å². The van der Waals surface area contributed by atoms with Crippen molar-refractivity contribution in [3.8, 4) is 0 Å². The van der Waals surface area contributed by atoms with E-state index in [0.29, 0.717) is 12.6 Å². The molecule has 1 aliphatic rings. The third kappa shape index (κ3) is 2.29. The number of thiophene rings is 1. The van der Waals surface area contributed by atoms with Gasteiger partial charge in [-0.3, -0.25) is 4.90 Å². The molecule has 19 heavy (non-hydrogen) atoms. The maximum absolute atomic E-state index is 6.00. The summed E-state index contributed by atoms with van der Waals surface area (Å²) in [5.74, 6) is 0.938. The van der Waals surface area contributed by atoms with Gasteiger partial charge in [0.25, 0.3) is 0 Å². The second-order valence-corrected chi connectivity index (χ2v) is 6.70. The lowest BCUT2D eigenvalue weighted by atomic mass is 9.98. The maximum atomic E-state index is 6.00. The molecule has 2 aromatic rings. The molecule has 0 fully saturated rings. The first kappa shape index (κ1) is 13.4. The van der Waals surface area contributed by atoms with Gasteiger partial charge in [0.2, 0.25) is 0 Å². The van der Waals surface area contributed by atoms with Gasteiger partial charge in [0, 0.05) is 24.0 Å². The summed E-state index contributed by atoms with van der Waals surface area (Å²) in [4.78, 5) is 3.96. The van der Waals surface area contributed by atoms with E-state index < -0.39 is 0 Å². The molecule has 0 saturated carbocycles. The summed E-state index contributed by atoms with van der Waals surface area (Å²) in [7, 11) is 0. The minimum atomic E-state index is 0.132. The van der Waals surface area contributed by atoms with Crippen LogP contribution < -0.4 is 5.73 Å². The van der Waals surface area contributed by atoms with E-state index in [9.17, 15) is 0 Å². The summed E-state index contributed by atoms with van der Waals surface area (Å²) in [6.07, 6.45) is 2.82. The van der Waals surface area contributed by atoms with Crippen molar-refractivity contribution in [1.82, 2.24) is 4.90 Å². The molecule has 2 N–H and O–H groups in total. The summed E-state index contributed by atoms with van der Waals surface area (Å²) in [6, 6.07) is 4.69. The molecule has 0 saturated heterocycles. The first-order chi connectivity index (χ1) is 9.22. The summed E-state index contributed by atoms with van der Waals surface area (Å²) in [5.41, 5.74) is 7.44. The Labute approximate surface area is 125 Å². The number of hydrogen-bond donors (Lipinski definition) is 1. The molecule has 0 spiro atoms. The second kappa shape index (κ2) is 5.40. The Morgan fingerprint density at radius 2 is 2.42 bits per heavy atom. The van der Waals surface area contributed by atoms with Crippen LogP contribution in [0.2, 0.25) is 0 Å². The third-order valence-corrected chi connectivity index (χ3v) is 5.55. The van der Waals surface area contributed by atoms with Crippen molar-refractivity contribution >= 4 is 27.3 Å². The lowest BCUT2D eigenvalue weighted by molar-refractivity contribution is 0.122. The van der Waals surface area contributed by atoms with Crippen LogP contribution in [0.1, 0.15) is 35.2 Å². The maximum Gasteiger partial charge on any atom is 0.136 e. The highest BCUT2D eigenvalue weighted by Gasteiger charge is 2.32. The standard InChI is InChI=1S/C14H17BrN2OS/c1-9-10-4-7-19-13(10)2-5-17(9)12(8-16)14-11(15)3-6-18-14/h3-4,6-7,9,12H,2,5,8,16H2,1H3. The Balaban J connectivity index is 1.92. The van der Waals surface area contributed by atoms with Crippen molar-refractivity contribution < 1.29 is 4.42 Å². The van der Waals surface area contributed by atoms with Crippen LogP contribution in [0.15, 0.2) is 32.7 Å². The topological polar surface area (TPSA) is 42.4 Å². The molecule has 0 aliphatic carbocycles. The predicted octanol–water partition coefficient (Wildman–Crippen LogP) is 3.72. The summed E-state index contributed by atoms with van der Waals surface area (Å²) in [6.45, 7) is 3.85. The molecular formula is C14H17BrN2OS. The quantitative estimate of drug-likeness (QED) is 0.925. The molecule has 2 aromatic heterocycles. The van der Waals surface area contributed by atoms with Crippen LogP contribution in [0.4, 0.5) is 0 Å². The van der Waals surface area contributed by atoms with Crippen molar-refractivity contribution in [2.24, 2.45) is 5.73 Å². The first-order valence-corrected chi connectivity index (χ1v) is 8.14. The van der Waals surface area contributed by atoms with E-state index >= 15 is 0 Å². The fourth-order valence-corrected chi connectivity index (χ4v) is 4.32. The van der Waals surface area contributed by atoms with Crippen LogP contribution in [0.25, 0.3) is 0 Å². The molecule has 2 atom stereocenters. The first-order valence-electron chi connectivity index (χ1n) is 6.47. The minimum Gasteiger partial charge on any atom is -0.466 e. The van der Waals surface area contributed by atoms with E-state index in [1.54, 1.807) is 6.26 Å². The van der Waals surface area contributed by atoms with Crippen LogP contribution in [-0.4, -0.2) is 18.0 Å². The van der Waals surface area contributed by atoms with Crippen molar-refractivity contribution in [2.45, 2.75) is 25.4 Å². The van der Waals surface area contributed by atoms with E-state index in [1.807, 2.05) is 17.4 Å². The van der Waals surface area contributed by atoms with E-state index in [1.165, 1.54) is 10.4 Å². The van der Waals surface area contributed by atoms with Gasteiger partial charge in [-0.2, -0.15) is 0 Å². The average Bonchev–Trinajstić information content (AvgIpc) is 3.03. The third-order valence-electron chi connectivity index (χ3n) is 3.90. The SMILES string of the molecule is CC1c2ccsc2CCN1C(CN)c1occc1Br. The summed E-state index contributed by atoms with van der Waals surface area (Å²) >= 11 is 5.41. The highest BCUT2D eigenvalue weighted by atomic mass is 79.9. The Morgan fingerprint density at radius 1 is 1.58 bits per heavy atom. The smallest absolute Gasteiger partial charge is 0.136 e. The minimum absolute atomic E-state index is 0.132. The fourth-order valence-electron chi connectivity index (χ4n) is 2.89. The van der Waals surface area contributed by atoms with Crippen LogP contribution >= 0.6 is 27.3 Å². The Bertz CT molecular complexity index is 565. The molecule has 3 heterocycles. The van der Waals surface area contributed by atoms with Crippen molar-refractivity contribution in [2.75, 3.05) is 13.1 Å². The van der Waals surface area contributed by atoms with Crippen LogP contribution in [-0.2, 0) is 6.42 Å². The Morgan fingerprint density at radius 3 is 3.11 bits per heavy atom. The molecule has 2 unspecified atom stereocenters. The summed E-state index contributed by atoms with van der Waals surface area (Å²) < 4.78 is 6.63. The van der Waals surface area contributed by atoms with Crippen molar-refractivity contribution in [3.05, 3.63) is 44.4 Å². The molecule has 0 amide bonds. The number of furan rings is 1. The molecule has 0 radical (unpaired) electrons. The van der Waals surface area contributed by atoms with Crippen molar-refractivity contribution in [1.29, 1.82) is 0 Å². The Kier molecular flexibility index (Phi) is 3.80. The fraction of sp³-hybridized carbons (Fsp3) is 0.429.